The average molecular weight is 297 g/mol. The highest BCUT2D eigenvalue weighted by molar-refractivity contribution is 7.89. The van der Waals surface area contributed by atoms with Gasteiger partial charge in [0.15, 0.2) is 0 Å². The molecule has 112 valence electrons. The Morgan fingerprint density at radius 3 is 3.00 bits per heavy atom. The number of hydrogen-bond donors (Lipinski definition) is 1. The maximum absolute atomic E-state index is 12.2. The Balaban J connectivity index is 2.14. The quantitative estimate of drug-likeness (QED) is 0.903. The van der Waals surface area contributed by atoms with Gasteiger partial charge in [-0.2, -0.15) is 0 Å². The van der Waals surface area contributed by atoms with Crippen LogP contribution in [-0.4, -0.2) is 43.6 Å². The Labute approximate surface area is 121 Å². The van der Waals surface area contributed by atoms with Crippen molar-refractivity contribution in [2.45, 2.75) is 32.1 Å². The number of nitrogens with one attached hydrogen (secondary N) is 1. The zero-order valence-electron chi connectivity index (χ0n) is 12.2. The van der Waals surface area contributed by atoms with Gasteiger partial charge in [0.2, 0.25) is 10.0 Å². The summed E-state index contributed by atoms with van der Waals surface area (Å²) >= 11 is 0. The second kappa shape index (κ2) is 6.54. The number of hydrogen-bond acceptors (Lipinski definition) is 4. The van der Waals surface area contributed by atoms with E-state index in [9.17, 15) is 8.42 Å². The number of rotatable bonds is 5. The molecular weight excluding hydrogens is 274 g/mol. The van der Waals surface area contributed by atoms with E-state index in [1.165, 1.54) is 5.56 Å². The predicted molar refractivity (Wildman–Crippen MR) is 81.4 cm³/mol. The highest BCUT2D eigenvalue weighted by Crippen LogP contribution is 2.29. The summed E-state index contributed by atoms with van der Waals surface area (Å²) in [5, 5.41) is 3.03. The number of piperidine rings is 1. The van der Waals surface area contributed by atoms with E-state index in [1.807, 2.05) is 26.1 Å². The van der Waals surface area contributed by atoms with Crippen molar-refractivity contribution in [2.24, 2.45) is 0 Å². The first kappa shape index (κ1) is 15.3. The van der Waals surface area contributed by atoms with Crippen molar-refractivity contribution in [1.29, 1.82) is 0 Å². The maximum Gasteiger partial charge on any atom is 0.214 e. The van der Waals surface area contributed by atoms with Crippen LogP contribution in [0, 0.1) is 0 Å². The lowest BCUT2D eigenvalue weighted by Crippen LogP contribution is -2.40. The summed E-state index contributed by atoms with van der Waals surface area (Å²) in [4.78, 5) is 4.21. The molecule has 1 unspecified atom stereocenters. The van der Waals surface area contributed by atoms with Crippen LogP contribution in [0.1, 0.15) is 37.7 Å². The molecule has 0 amide bonds. The minimum Gasteiger partial charge on any atom is -0.373 e. The molecule has 1 aliphatic heterocycles. The van der Waals surface area contributed by atoms with E-state index in [2.05, 4.69) is 10.3 Å². The molecule has 0 saturated carbocycles. The summed E-state index contributed by atoms with van der Waals surface area (Å²) < 4.78 is 26.0. The molecule has 1 aliphatic rings. The van der Waals surface area contributed by atoms with Gasteiger partial charge in [-0.15, -0.1) is 0 Å². The van der Waals surface area contributed by atoms with Crippen molar-refractivity contribution >= 4 is 15.8 Å². The Bertz CT molecular complexity index is 545. The van der Waals surface area contributed by atoms with Crippen LogP contribution in [0.4, 0.5) is 5.82 Å². The van der Waals surface area contributed by atoms with Gasteiger partial charge < -0.3 is 5.32 Å². The Morgan fingerprint density at radius 2 is 2.30 bits per heavy atom. The van der Waals surface area contributed by atoms with Crippen LogP contribution in [0.15, 0.2) is 18.3 Å². The number of nitrogens with zero attached hydrogens (tertiary/aromatic N) is 2. The van der Waals surface area contributed by atoms with E-state index < -0.39 is 10.0 Å². The molecule has 1 aromatic rings. The normalized spacial score (nSPS) is 20.8. The van der Waals surface area contributed by atoms with Crippen LogP contribution < -0.4 is 5.32 Å². The van der Waals surface area contributed by atoms with E-state index in [0.29, 0.717) is 19.5 Å². The predicted octanol–water partition coefficient (Wildman–Crippen LogP) is 2.04. The second-order valence-corrected chi connectivity index (χ2v) is 7.33. The highest BCUT2D eigenvalue weighted by Gasteiger charge is 2.29. The van der Waals surface area contributed by atoms with Gasteiger partial charge in [-0.25, -0.2) is 17.7 Å². The number of sulfonamides is 1. The fourth-order valence-corrected chi connectivity index (χ4v) is 4.28. The standard InChI is InChI=1S/C14H23N3O2S/c1-3-9-20(18,19)17-8-4-5-13(11-17)12-6-7-16-14(10-12)15-2/h6-7,10,13H,3-5,8-9,11H2,1-2H3,(H,15,16). The summed E-state index contributed by atoms with van der Waals surface area (Å²) in [6.45, 7) is 3.15. The molecule has 2 heterocycles. The summed E-state index contributed by atoms with van der Waals surface area (Å²) in [6.07, 6.45) is 4.40. The zero-order chi connectivity index (χ0) is 14.6. The molecule has 1 N–H and O–H groups in total. The fourth-order valence-electron chi connectivity index (χ4n) is 2.69. The number of anilines is 1. The molecule has 0 aliphatic carbocycles. The van der Waals surface area contributed by atoms with Gasteiger partial charge in [-0.1, -0.05) is 6.92 Å². The summed E-state index contributed by atoms with van der Waals surface area (Å²) in [5.41, 5.74) is 1.17. The molecule has 1 aromatic heterocycles. The topological polar surface area (TPSA) is 62.3 Å². The molecule has 1 fully saturated rings. The molecule has 0 radical (unpaired) electrons. The van der Waals surface area contributed by atoms with Crippen molar-refractivity contribution in [3.8, 4) is 0 Å². The summed E-state index contributed by atoms with van der Waals surface area (Å²) in [7, 11) is -1.25. The lowest BCUT2D eigenvalue weighted by atomic mass is 9.92. The highest BCUT2D eigenvalue weighted by atomic mass is 32.2. The SMILES string of the molecule is CCCS(=O)(=O)N1CCCC(c2ccnc(NC)c2)C1. The minimum absolute atomic E-state index is 0.248. The van der Waals surface area contributed by atoms with Crippen molar-refractivity contribution in [1.82, 2.24) is 9.29 Å². The van der Waals surface area contributed by atoms with Crippen LogP contribution in [0.25, 0.3) is 0 Å². The van der Waals surface area contributed by atoms with Crippen LogP contribution >= 0.6 is 0 Å². The van der Waals surface area contributed by atoms with Crippen LogP contribution in [-0.2, 0) is 10.0 Å². The Morgan fingerprint density at radius 1 is 1.50 bits per heavy atom. The molecule has 1 atom stereocenters. The van der Waals surface area contributed by atoms with Crippen molar-refractivity contribution < 1.29 is 8.42 Å². The van der Waals surface area contributed by atoms with Gasteiger partial charge in [0.05, 0.1) is 5.75 Å². The summed E-state index contributed by atoms with van der Waals surface area (Å²) in [6, 6.07) is 4.00. The van der Waals surface area contributed by atoms with Crippen LogP contribution in [0.2, 0.25) is 0 Å². The fraction of sp³-hybridized carbons (Fsp3) is 0.643. The molecule has 0 aromatic carbocycles. The molecule has 0 bridgehead atoms. The van der Waals surface area contributed by atoms with E-state index >= 15 is 0 Å². The van der Waals surface area contributed by atoms with E-state index in [1.54, 1.807) is 10.5 Å². The molecular formula is C14H23N3O2S. The monoisotopic (exact) mass is 297 g/mol. The lowest BCUT2D eigenvalue weighted by molar-refractivity contribution is 0.315. The maximum atomic E-state index is 12.2. The molecule has 1 saturated heterocycles. The first-order valence-corrected chi connectivity index (χ1v) is 8.79. The molecule has 6 heteroatoms. The average Bonchev–Trinajstić information content (AvgIpc) is 2.47. The zero-order valence-corrected chi connectivity index (χ0v) is 13.0. The van der Waals surface area contributed by atoms with Gasteiger partial charge in [0.25, 0.3) is 0 Å². The second-order valence-electron chi connectivity index (χ2n) is 5.24. The van der Waals surface area contributed by atoms with Crippen molar-refractivity contribution in [2.75, 3.05) is 31.2 Å². The lowest BCUT2D eigenvalue weighted by Gasteiger charge is -2.32. The Hall–Kier alpha value is -1.14. The summed E-state index contributed by atoms with van der Waals surface area (Å²) in [5.74, 6) is 1.35. The van der Waals surface area contributed by atoms with Crippen molar-refractivity contribution in [3.05, 3.63) is 23.9 Å². The first-order chi connectivity index (χ1) is 9.56. The smallest absolute Gasteiger partial charge is 0.214 e. The van der Waals surface area contributed by atoms with Gasteiger partial charge in [0.1, 0.15) is 5.82 Å². The van der Waals surface area contributed by atoms with Gasteiger partial charge in [0, 0.05) is 26.3 Å². The van der Waals surface area contributed by atoms with Gasteiger partial charge in [-0.3, -0.25) is 0 Å². The van der Waals surface area contributed by atoms with E-state index in [-0.39, 0.29) is 11.7 Å². The van der Waals surface area contributed by atoms with E-state index in [0.717, 1.165) is 18.7 Å². The van der Waals surface area contributed by atoms with Crippen LogP contribution in [0.3, 0.4) is 0 Å². The molecule has 0 spiro atoms. The van der Waals surface area contributed by atoms with Gasteiger partial charge in [-0.05, 0) is 42.9 Å². The van der Waals surface area contributed by atoms with Crippen molar-refractivity contribution in [3.63, 3.8) is 0 Å². The Kier molecular flexibility index (Phi) is 4.99. The third kappa shape index (κ3) is 3.49. The molecule has 5 nitrogen and oxygen atoms in total. The number of aromatic nitrogens is 1. The third-order valence-corrected chi connectivity index (χ3v) is 5.79. The number of pyridine rings is 1. The first-order valence-electron chi connectivity index (χ1n) is 7.18. The third-order valence-electron chi connectivity index (χ3n) is 3.75. The minimum atomic E-state index is -3.09. The molecule has 2 rings (SSSR count). The molecule has 20 heavy (non-hydrogen) atoms. The van der Waals surface area contributed by atoms with Gasteiger partial charge >= 0.3 is 0 Å². The largest absolute Gasteiger partial charge is 0.373 e. The van der Waals surface area contributed by atoms with E-state index in [4.69, 9.17) is 0 Å². The van der Waals surface area contributed by atoms with Crippen LogP contribution in [0.5, 0.6) is 0 Å².